The van der Waals surface area contributed by atoms with Gasteiger partial charge < -0.3 is 10.2 Å². The fourth-order valence-corrected chi connectivity index (χ4v) is 3.63. The van der Waals surface area contributed by atoms with E-state index in [4.69, 9.17) is 0 Å². The second kappa shape index (κ2) is 6.05. The zero-order valence-electron chi connectivity index (χ0n) is 12.0. The van der Waals surface area contributed by atoms with Crippen molar-refractivity contribution in [2.24, 2.45) is 11.3 Å². The number of hydrogen-bond donors (Lipinski definition) is 1. The fourth-order valence-electron chi connectivity index (χ4n) is 3.63. The quantitative estimate of drug-likeness (QED) is 0.833. The van der Waals surface area contributed by atoms with Gasteiger partial charge in [-0.05, 0) is 38.1 Å². The molecule has 2 saturated heterocycles. The van der Waals surface area contributed by atoms with Crippen molar-refractivity contribution in [3.8, 4) is 0 Å². The Kier molecular flexibility index (Phi) is 4.66. The third kappa shape index (κ3) is 2.71. The van der Waals surface area contributed by atoms with E-state index in [9.17, 15) is 4.79 Å². The lowest BCUT2D eigenvalue weighted by Gasteiger charge is -2.39. The Bertz CT molecular complexity index is 279. The van der Waals surface area contributed by atoms with Gasteiger partial charge in [-0.15, -0.1) is 0 Å². The van der Waals surface area contributed by atoms with Gasteiger partial charge in [0.05, 0.1) is 5.41 Å². The molecule has 2 heterocycles. The number of likely N-dealkylation sites (tertiary alicyclic amines) is 1. The molecule has 2 aliphatic rings. The molecule has 2 unspecified atom stereocenters. The highest BCUT2D eigenvalue weighted by Gasteiger charge is 2.42. The maximum atomic E-state index is 12.9. The van der Waals surface area contributed by atoms with Crippen molar-refractivity contribution in [2.45, 2.75) is 52.4 Å². The van der Waals surface area contributed by atoms with Crippen LogP contribution in [-0.4, -0.2) is 37.0 Å². The lowest BCUT2D eigenvalue weighted by molar-refractivity contribution is -0.143. The molecule has 0 radical (unpaired) electrons. The van der Waals surface area contributed by atoms with Gasteiger partial charge in [0.15, 0.2) is 0 Å². The number of amides is 1. The molecule has 0 aromatic rings. The summed E-state index contributed by atoms with van der Waals surface area (Å²) in [6.45, 7) is 8.40. The predicted octanol–water partition coefficient (Wildman–Crippen LogP) is 2.41. The Morgan fingerprint density at radius 3 is 2.83 bits per heavy atom. The highest BCUT2D eigenvalue weighted by molar-refractivity contribution is 5.83. The first-order valence-electron chi connectivity index (χ1n) is 7.72. The smallest absolute Gasteiger partial charge is 0.230 e. The Hall–Kier alpha value is -0.570. The van der Waals surface area contributed by atoms with Gasteiger partial charge in [0.2, 0.25) is 5.91 Å². The summed E-state index contributed by atoms with van der Waals surface area (Å²) >= 11 is 0. The number of hydrogen-bond acceptors (Lipinski definition) is 2. The first kappa shape index (κ1) is 13.9. The van der Waals surface area contributed by atoms with E-state index in [0.717, 1.165) is 57.8 Å². The third-order valence-corrected chi connectivity index (χ3v) is 4.80. The van der Waals surface area contributed by atoms with Crippen molar-refractivity contribution in [3.63, 3.8) is 0 Å². The number of carbonyl (C=O) groups is 1. The number of rotatable bonds is 4. The van der Waals surface area contributed by atoms with E-state index < -0.39 is 0 Å². The average molecular weight is 252 g/mol. The molecule has 2 rings (SSSR count). The SMILES string of the molecule is CCCC1(C(=O)N2CCC(CC)C2)CCCNC1. The molecule has 3 heteroatoms. The van der Waals surface area contributed by atoms with Crippen LogP contribution in [-0.2, 0) is 4.79 Å². The summed E-state index contributed by atoms with van der Waals surface area (Å²) in [4.78, 5) is 15.0. The van der Waals surface area contributed by atoms with Crippen molar-refractivity contribution in [1.82, 2.24) is 10.2 Å². The molecular formula is C15H28N2O. The van der Waals surface area contributed by atoms with E-state index in [2.05, 4.69) is 24.1 Å². The summed E-state index contributed by atoms with van der Waals surface area (Å²) in [5, 5.41) is 3.44. The van der Waals surface area contributed by atoms with Gasteiger partial charge in [0, 0.05) is 19.6 Å². The monoisotopic (exact) mass is 252 g/mol. The van der Waals surface area contributed by atoms with E-state index in [1.54, 1.807) is 0 Å². The standard InChI is InChI=1S/C15H28N2O/c1-3-7-15(8-5-9-16-12-15)14(18)17-10-6-13(4-2)11-17/h13,16H,3-12H2,1-2H3. The Labute approximate surface area is 111 Å². The molecule has 1 amide bonds. The van der Waals surface area contributed by atoms with Crippen molar-refractivity contribution in [2.75, 3.05) is 26.2 Å². The Morgan fingerprint density at radius 1 is 1.44 bits per heavy atom. The molecule has 0 aliphatic carbocycles. The second-order valence-corrected chi connectivity index (χ2v) is 6.12. The van der Waals surface area contributed by atoms with Crippen LogP contribution in [0.25, 0.3) is 0 Å². The number of carbonyl (C=O) groups excluding carboxylic acids is 1. The largest absolute Gasteiger partial charge is 0.342 e. The maximum Gasteiger partial charge on any atom is 0.230 e. The Morgan fingerprint density at radius 2 is 2.28 bits per heavy atom. The number of nitrogens with one attached hydrogen (secondary N) is 1. The van der Waals surface area contributed by atoms with Crippen LogP contribution in [0.3, 0.4) is 0 Å². The average Bonchev–Trinajstić information content (AvgIpc) is 2.88. The van der Waals surface area contributed by atoms with Gasteiger partial charge in [-0.1, -0.05) is 26.7 Å². The molecule has 2 atom stereocenters. The van der Waals surface area contributed by atoms with Gasteiger partial charge in [0.25, 0.3) is 0 Å². The Balaban J connectivity index is 2.04. The van der Waals surface area contributed by atoms with Crippen LogP contribution in [0.2, 0.25) is 0 Å². The van der Waals surface area contributed by atoms with Crippen LogP contribution in [0.1, 0.15) is 52.4 Å². The first-order valence-corrected chi connectivity index (χ1v) is 7.72. The molecule has 2 aliphatic heterocycles. The highest BCUT2D eigenvalue weighted by Crippen LogP contribution is 2.35. The van der Waals surface area contributed by atoms with Crippen molar-refractivity contribution in [3.05, 3.63) is 0 Å². The molecule has 0 aromatic carbocycles. The molecule has 1 N–H and O–H groups in total. The van der Waals surface area contributed by atoms with E-state index in [1.807, 2.05) is 0 Å². The van der Waals surface area contributed by atoms with Crippen LogP contribution in [0, 0.1) is 11.3 Å². The summed E-state index contributed by atoms with van der Waals surface area (Å²) < 4.78 is 0. The number of piperidine rings is 1. The van der Waals surface area contributed by atoms with Crippen molar-refractivity contribution < 1.29 is 4.79 Å². The molecule has 0 saturated carbocycles. The van der Waals surface area contributed by atoms with Gasteiger partial charge >= 0.3 is 0 Å². The van der Waals surface area contributed by atoms with Crippen LogP contribution in [0.4, 0.5) is 0 Å². The van der Waals surface area contributed by atoms with Crippen molar-refractivity contribution >= 4 is 5.91 Å². The summed E-state index contributed by atoms with van der Waals surface area (Å²) in [7, 11) is 0. The molecule has 3 nitrogen and oxygen atoms in total. The lowest BCUT2D eigenvalue weighted by Crippen LogP contribution is -2.51. The van der Waals surface area contributed by atoms with E-state index in [-0.39, 0.29) is 5.41 Å². The summed E-state index contributed by atoms with van der Waals surface area (Å²) in [6.07, 6.45) is 6.81. The zero-order chi connectivity index (χ0) is 13.0. The van der Waals surface area contributed by atoms with Crippen molar-refractivity contribution in [1.29, 1.82) is 0 Å². The lowest BCUT2D eigenvalue weighted by atomic mass is 9.75. The summed E-state index contributed by atoms with van der Waals surface area (Å²) in [5.74, 6) is 1.18. The molecular weight excluding hydrogens is 224 g/mol. The normalized spacial score (nSPS) is 32.8. The van der Waals surface area contributed by atoms with E-state index in [0.29, 0.717) is 5.91 Å². The van der Waals surface area contributed by atoms with Gasteiger partial charge in [-0.2, -0.15) is 0 Å². The summed E-state index contributed by atoms with van der Waals surface area (Å²) in [5.41, 5.74) is -0.0877. The number of nitrogens with zero attached hydrogens (tertiary/aromatic N) is 1. The minimum atomic E-state index is -0.0877. The van der Waals surface area contributed by atoms with Gasteiger partial charge in [0.1, 0.15) is 0 Å². The molecule has 104 valence electrons. The van der Waals surface area contributed by atoms with Crippen LogP contribution >= 0.6 is 0 Å². The minimum absolute atomic E-state index is 0.0877. The van der Waals surface area contributed by atoms with Crippen LogP contribution in [0.15, 0.2) is 0 Å². The van der Waals surface area contributed by atoms with Gasteiger partial charge in [-0.25, -0.2) is 0 Å². The first-order chi connectivity index (χ1) is 8.72. The molecule has 2 fully saturated rings. The maximum absolute atomic E-state index is 12.9. The summed E-state index contributed by atoms with van der Waals surface area (Å²) in [6, 6.07) is 0. The van der Waals surface area contributed by atoms with Crippen LogP contribution < -0.4 is 5.32 Å². The zero-order valence-corrected chi connectivity index (χ0v) is 12.0. The topological polar surface area (TPSA) is 32.3 Å². The predicted molar refractivity (Wildman–Crippen MR) is 74.4 cm³/mol. The molecule has 18 heavy (non-hydrogen) atoms. The molecule has 0 bridgehead atoms. The third-order valence-electron chi connectivity index (χ3n) is 4.80. The fraction of sp³-hybridized carbons (Fsp3) is 0.933. The van der Waals surface area contributed by atoms with E-state index >= 15 is 0 Å². The minimum Gasteiger partial charge on any atom is -0.342 e. The van der Waals surface area contributed by atoms with Crippen LogP contribution in [0.5, 0.6) is 0 Å². The molecule has 0 spiro atoms. The van der Waals surface area contributed by atoms with E-state index in [1.165, 1.54) is 12.8 Å². The highest BCUT2D eigenvalue weighted by atomic mass is 16.2. The van der Waals surface area contributed by atoms with Gasteiger partial charge in [-0.3, -0.25) is 4.79 Å². The second-order valence-electron chi connectivity index (χ2n) is 6.12. The molecule has 0 aromatic heterocycles.